The van der Waals surface area contributed by atoms with Gasteiger partial charge in [-0.25, -0.2) is 9.79 Å². The molecule has 1 aliphatic rings. The largest absolute Gasteiger partial charge is 0.493 e. The van der Waals surface area contributed by atoms with Gasteiger partial charge in [0.25, 0.3) is 5.56 Å². The van der Waals surface area contributed by atoms with Crippen LogP contribution < -0.4 is 33.8 Å². The van der Waals surface area contributed by atoms with Crippen molar-refractivity contribution >= 4 is 46.0 Å². The van der Waals surface area contributed by atoms with E-state index in [2.05, 4.69) is 27.6 Å². The summed E-state index contributed by atoms with van der Waals surface area (Å²) in [7, 11) is 6.22. The van der Waals surface area contributed by atoms with Gasteiger partial charge in [-0.15, -0.1) is 0 Å². The van der Waals surface area contributed by atoms with Crippen LogP contribution in [0.5, 0.6) is 23.0 Å². The average molecular weight is 650 g/mol. The average Bonchev–Trinajstić information content (AvgIpc) is 3.21. The van der Waals surface area contributed by atoms with Crippen molar-refractivity contribution in [2.24, 2.45) is 4.99 Å². The highest BCUT2D eigenvalue weighted by molar-refractivity contribution is 14.1. The number of benzene rings is 2. The number of halogens is 1. The number of methoxy groups -OCH3 is 4. The first-order valence-corrected chi connectivity index (χ1v) is 13.5. The second kappa shape index (κ2) is 11.6. The van der Waals surface area contributed by atoms with Gasteiger partial charge < -0.3 is 23.7 Å². The van der Waals surface area contributed by atoms with E-state index in [0.29, 0.717) is 49.2 Å². The number of hydrogen-bond acceptors (Lipinski definition) is 9. The molecule has 1 unspecified atom stereocenters. The summed E-state index contributed by atoms with van der Waals surface area (Å²) in [5.41, 5.74) is 1.91. The van der Waals surface area contributed by atoms with Gasteiger partial charge in [-0.05, 0) is 77.9 Å². The lowest BCUT2D eigenvalue weighted by Crippen LogP contribution is -2.40. The predicted molar refractivity (Wildman–Crippen MR) is 152 cm³/mol. The van der Waals surface area contributed by atoms with Crippen LogP contribution in [0.4, 0.5) is 0 Å². The summed E-state index contributed by atoms with van der Waals surface area (Å²) in [5, 5.41) is 0. The Labute approximate surface area is 237 Å². The predicted octanol–water partition coefficient (Wildman–Crippen LogP) is 3.44. The lowest BCUT2D eigenvalue weighted by Gasteiger charge is -2.25. The number of nitrogens with zero attached hydrogens (tertiary/aromatic N) is 2. The zero-order chi connectivity index (χ0) is 27.6. The number of hydrogen-bond donors (Lipinski definition) is 0. The quantitative estimate of drug-likeness (QED) is 0.272. The molecular formula is C27H27IN2O7S. The van der Waals surface area contributed by atoms with Crippen LogP contribution >= 0.6 is 33.9 Å². The molecule has 1 aromatic heterocycles. The third-order valence-electron chi connectivity index (χ3n) is 5.99. The number of aromatic nitrogens is 1. The topological polar surface area (TPSA) is 97.6 Å². The van der Waals surface area contributed by atoms with Gasteiger partial charge in [-0.3, -0.25) is 9.36 Å². The molecule has 0 fully saturated rings. The van der Waals surface area contributed by atoms with Crippen LogP contribution in [0.15, 0.2) is 51.4 Å². The van der Waals surface area contributed by atoms with Crippen molar-refractivity contribution in [3.8, 4) is 23.0 Å². The Morgan fingerprint density at radius 3 is 2.39 bits per heavy atom. The van der Waals surface area contributed by atoms with Crippen LogP contribution in [-0.4, -0.2) is 45.6 Å². The maximum atomic E-state index is 13.9. The Morgan fingerprint density at radius 2 is 1.76 bits per heavy atom. The summed E-state index contributed by atoms with van der Waals surface area (Å²) < 4.78 is 30.0. The second-order valence-electron chi connectivity index (χ2n) is 8.15. The fraction of sp³-hybridized carbons (Fsp3) is 0.296. The summed E-state index contributed by atoms with van der Waals surface area (Å²) in [6.07, 6.45) is 1.78. The number of carbonyl (C=O) groups excluding carboxylic acids is 1. The monoisotopic (exact) mass is 650 g/mol. The molecule has 4 rings (SSSR count). The molecule has 2 heterocycles. The number of esters is 1. The maximum Gasteiger partial charge on any atom is 0.338 e. The number of rotatable bonds is 8. The molecule has 0 saturated carbocycles. The van der Waals surface area contributed by atoms with E-state index in [1.807, 2.05) is 6.07 Å². The van der Waals surface area contributed by atoms with Gasteiger partial charge in [0.15, 0.2) is 27.8 Å². The molecule has 0 aliphatic carbocycles. The fourth-order valence-corrected chi connectivity index (χ4v) is 6.19. The Balaban J connectivity index is 1.96. The first-order chi connectivity index (χ1) is 18.3. The maximum absolute atomic E-state index is 13.9. The van der Waals surface area contributed by atoms with E-state index < -0.39 is 12.0 Å². The Kier molecular flexibility index (Phi) is 8.46. The fourth-order valence-electron chi connectivity index (χ4n) is 4.30. The second-order valence-corrected chi connectivity index (χ2v) is 10.3. The van der Waals surface area contributed by atoms with Gasteiger partial charge in [0.05, 0.1) is 60.5 Å². The van der Waals surface area contributed by atoms with Gasteiger partial charge in [-0.1, -0.05) is 17.4 Å². The summed E-state index contributed by atoms with van der Waals surface area (Å²) in [5.74, 6) is 1.66. The molecule has 1 aliphatic heterocycles. The van der Waals surface area contributed by atoms with E-state index in [1.54, 1.807) is 65.5 Å². The standard InChI is InChI=1S/C27H27IN2O7S/c1-7-37-26(32)22-14(2)29-27-30(23(22)16-8-9-18(33-3)19(13-16)34-4)25(31)21(38-27)12-15-10-17(28)24(36-6)20(11-15)35-5/h8-13,23H,7H2,1-6H3/b21-12-. The molecule has 0 N–H and O–H groups in total. The van der Waals surface area contributed by atoms with Crippen molar-refractivity contribution in [2.45, 2.75) is 19.9 Å². The highest BCUT2D eigenvalue weighted by atomic mass is 127. The van der Waals surface area contributed by atoms with Crippen molar-refractivity contribution in [3.05, 3.63) is 76.0 Å². The van der Waals surface area contributed by atoms with Gasteiger partial charge >= 0.3 is 5.97 Å². The van der Waals surface area contributed by atoms with Gasteiger partial charge in [0, 0.05) is 0 Å². The third kappa shape index (κ3) is 5.04. The zero-order valence-electron chi connectivity index (χ0n) is 21.8. The Morgan fingerprint density at radius 1 is 1.05 bits per heavy atom. The van der Waals surface area contributed by atoms with Crippen LogP contribution in [0.3, 0.4) is 0 Å². The number of ether oxygens (including phenoxy) is 5. The molecule has 2 aromatic carbocycles. The minimum Gasteiger partial charge on any atom is -0.493 e. The minimum absolute atomic E-state index is 0.191. The molecule has 0 radical (unpaired) electrons. The van der Waals surface area contributed by atoms with E-state index in [9.17, 15) is 9.59 Å². The SMILES string of the molecule is CCOC(=O)C1=C(C)N=c2s/c(=C\c3cc(I)c(OC)c(OC)c3)c(=O)n2C1c1ccc(OC)c(OC)c1. The zero-order valence-corrected chi connectivity index (χ0v) is 24.8. The first-order valence-electron chi connectivity index (χ1n) is 11.6. The molecular weight excluding hydrogens is 623 g/mol. The smallest absolute Gasteiger partial charge is 0.338 e. The number of carbonyl (C=O) groups is 1. The number of thiazole rings is 1. The Hall–Kier alpha value is -3.32. The van der Waals surface area contributed by atoms with Crippen molar-refractivity contribution < 1.29 is 28.5 Å². The highest BCUT2D eigenvalue weighted by Crippen LogP contribution is 2.36. The first kappa shape index (κ1) is 27.7. The minimum atomic E-state index is -0.766. The van der Waals surface area contributed by atoms with Gasteiger partial charge in [0.2, 0.25) is 0 Å². The molecule has 0 spiro atoms. The summed E-state index contributed by atoms with van der Waals surface area (Å²) in [6, 6.07) is 8.25. The van der Waals surface area contributed by atoms with Crippen molar-refractivity contribution in [3.63, 3.8) is 0 Å². The Bertz CT molecular complexity index is 1610. The van der Waals surface area contributed by atoms with Gasteiger partial charge in [-0.2, -0.15) is 0 Å². The molecule has 0 bridgehead atoms. The van der Waals surface area contributed by atoms with Crippen LogP contribution in [0.25, 0.3) is 6.08 Å². The third-order valence-corrected chi connectivity index (χ3v) is 7.78. The highest BCUT2D eigenvalue weighted by Gasteiger charge is 2.34. The van der Waals surface area contributed by atoms with Crippen LogP contribution in [0.2, 0.25) is 0 Å². The van der Waals surface area contributed by atoms with E-state index in [1.165, 1.54) is 23.0 Å². The van der Waals surface area contributed by atoms with Crippen molar-refractivity contribution in [1.82, 2.24) is 4.57 Å². The summed E-state index contributed by atoms with van der Waals surface area (Å²) in [6.45, 7) is 3.67. The van der Waals surface area contributed by atoms with Crippen molar-refractivity contribution in [2.75, 3.05) is 35.0 Å². The van der Waals surface area contributed by atoms with E-state index >= 15 is 0 Å². The van der Waals surface area contributed by atoms with Crippen molar-refractivity contribution in [1.29, 1.82) is 0 Å². The van der Waals surface area contributed by atoms with Crippen LogP contribution in [-0.2, 0) is 9.53 Å². The normalized spacial score (nSPS) is 15.0. The summed E-state index contributed by atoms with van der Waals surface area (Å²) in [4.78, 5) is 32.1. The molecule has 11 heteroatoms. The molecule has 200 valence electrons. The van der Waals surface area contributed by atoms with E-state index in [-0.39, 0.29) is 12.2 Å². The number of allylic oxidation sites excluding steroid dienone is 1. The van der Waals surface area contributed by atoms with E-state index in [4.69, 9.17) is 23.7 Å². The van der Waals surface area contributed by atoms with Crippen LogP contribution in [0, 0.1) is 3.57 Å². The van der Waals surface area contributed by atoms with E-state index in [0.717, 1.165) is 9.13 Å². The van der Waals surface area contributed by atoms with Gasteiger partial charge in [0.1, 0.15) is 0 Å². The molecule has 1 atom stereocenters. The lowest BCUT2D eigenvalue weighted by molar-refractivity contribution is -0.139. The molecule has 9 nitrogen and oxygen atoms in total. The molecule has 0 amide bonds. The molecule has 3 aromatic rings. The summed E-state index contributed by atoms with van der Waals surface area (Å²) >= 11 is 3.41. The van der Waals surface area contributed by atoms with Crippen LogP contribution in [0.1, 0.15) is 31.0 Å². The molecule has 0 saturated heterocycles. The molecule has 38 heavy (non-hydrogen) atoms. The lowest BCUT2D eigenvalue weighted by atomic mass is 9.95. The number of fused-ring (bicyclic) bond motifs is 1.